The Balaban J connectivity index is 2.13. The standard InChI is InChI=1S/C13H11FN2O3S/c1-7-2-3-10(14)9(4-7)12(19)16-13-15-8(6-20-13)5-11(17)18/h2-4,6H,5H2,1H3,(H,17,18)(H,15,16,19). The number of carbonyl (C=O) groups excluding carboxylic acids is 1. The molecule has 0 aliphatic carbocycles. The van der Waals surface area contributed by atoms with Crippen molar-refractivity contribution in [2.24, 2.45) is 0 Å². The van der Waals surface area contributed by atoms with Gasteiger partial charge in [-0.05, 0) is 19.1 Å². The number of rotatable bonds is 4. The molecule has 1 amide bonds. The number of hydrogen-bond donors (Lipinski definition) is 2. The summed E-state index contributed by atoms with van der Waals surface area (Å²) in [6.07, 6.45) is -0.217. The molecule has 2 N–H and O–H groups in total. The van der Waals surface area contributed by atoms with Gasteiger partial charge in [0.15, 0.2) is 5.13 Å². The predicted molar refractivity (Wildman–Crippen MR) is 72.5 cm³/mol. The molecule has 7 heteroatoms. The Morgan fingerprint density at radius 1 is 1.45 bits per heavy atom. The average molecular weight is 294 g/mol. The van der Waals surface area contributed by atoms with Gasteiger partial charge in [0.25, 0.3) is 5.91 Å². The molecule has 2 rings (SSSR count). The Bertz CT molecular complexity index is 669. The molecule has 0 atom stereocenters. The SMILES string of the molecule is Cc1ccc(F)c(C(=O)Nc2nc(CC(=O)O)cs2)c1. The third-order valence-corrected chi connectivity index (χ3v) is 3.28. The number of benzene rings is 1. The summed E-state index contributed by atoms with van der Waals surface area (Å²) >= 11 is 1.10. The van der Waals surface area contributed by atoms with Gasteiger partial charge in [0.1, 0.15) is 5.82 Å². The molecule has 2 aromatic rings. The molecule has 0 radical (unpaired) electrons. The van der Waals surface area contributed by atoms with Crippen LogP contribution in [0.15, 0.2) is 23.6 Å². The minimum absolute atomic E-state index is 0.0695. The van der Waals surface area contributed by atoms with E-state index in [0.29, 0.717) is 5.69 Å². The van der Waals surface area contributed by atoms with Gasteiger partial charge in [-0.1, -0.05) is 11.6 Å². The molecular formula is C13H11FN2O3S. The first-order chi connectivity index (χ1) is 9.45. The van der Waals surface area contributed by atoms with Gasteiger partial charge in [-0.2, -0.15) is 0 Å². The zero-order valence-corrected chi connectivity index (χ0v) is 11.3. The van der Waals surface area contributed by atoms with Crippen molar-refractivity contribution in [2.75, 3.05) is 5.32 Å². The molecule has 0 saturated carbocycles. The normalized spacial score (nSPS) is 10.3. The summed E-state index contributed by atoms with van der Waals surface area (Å²) in [5.41, 5.74) is 1.05. The number of aryl methyl sites for hydroxylation is 1. The second-order valence-electron chi connectivity index (χ2n) is 4.15. The molecule has 5 nitrogen and oxygen atoms in total. The van der Waals surface area contributed by atoms with Gasteiger partial charge >= 0.3 is 5.97 Å². The van der Waals surface area contributed by atoms with E-state index in [9.17, 15) is 14.0 Å². The Morgan fingerprint density at radius 3 is 2.90 bits per heavy atom. The van der Waals surface area contributed by atoms with Gasteiger partial charge in [0.05, 0.1) is 17.7 Å². The van der Waals surface area contributed by atoms with Gasteiger partial charge in [-0.25, -0.2) is 9.37 Å². The maximum absolute atomic E-state index is 13.5. The fourth-order valence-corrected chi connectivity index (χ4v) is 2.28. The molecule has 0 fully saturated rings. The van der Waals surface area contributed by atoms with Crippen molar-refractivity contribution in [3.8, 4) is 0 Å². The lowest BCUT2D eigenvalue weighted by Crippen LogP contribution is -2.14. The molecule has 20 heavy (non-hydrogen) atoms. The van der Waals surface area contributed by atoms with E-state index >= 15 is 0 Å². The smallest absolute Gasteiger partial charge is 0.309 e. The van der Waals surface area contributed by atoms with Crippen LogP contribution in [-0.4, -0.2) is 22.0 Å². The minimum Gasteiger partial charge on any atom is -0.481 e. The quantitative estimate of drug-likeness (QED) is 0.908. The maximum atomic E-state index is 13.5. The number of halogens is 1. The molecule has 0 saturated heterocycles. The summed E-state index contributed by atoms with van der Waals surface area (Å²) in [7, 11) is 0. The topological polar surface area (TPSA) is 79.3 Å². The fourth-order valence-electron chi connectivity index (χ4n) is 1.58. The fraction of sp³-hybridized carbons (Fsp3) is 0.154. The Hall–Kier alpha value is -2.28. The summed E-state index contributed by atoms with van der Waals surface area (Å²) in [4.78, 5) is 26.4. The van der Waals surface area contributed by atoms with Crippen molar-refractivity contribution in [2.45, 2.75) is 13.3 Å². The van der Waals surface area contributed by atoms with E-state index in [1.807, 2.05) is 0 Å². The molecule has 1 heterocycles. The molecule has 0 unspecified atom stereocenters. The summed E-state index contributed by atoms with van der Waals surface area (Å²) in [6.45, 7) is 1.75. The number of hydrogen-bond acceptors (Lipinski definition) is 4. The van der Waals surface area contributed by atoms with Crippen molar-refractivity contribution < 1.29 is 19.1 Å². The molecular weight excluding hydrogens is 283 g/mol. The number of aliphatic carboxylic acids is 1. The van der Waals surface area contributed by atoms with Crippen LogP contribution in [0.25, 0.3) is 0 Å². The van der Waals surface area contributed by atoms with Crippen LogP contribution in [0.4, 0.5) is 9.52 Å². The zero-order chi connectivity index (χ0) is 14.7. The third-order valence-electron chi connectivity index (χ3n) is 2.47. The van der Waals surface area contributed by atoms with Gasteiger partial charge in [0, 0.05) is 5.38 Å². The Kier molecular flexibility index (Phi) is 4.09. The first kappa shape index (κ1) is 14.1. The molecule has 0 bridgehead atoms. The predicted octanol–water partition coefficient (Wildman–Crippen LogP) is 2.47. The summed E-state index contributed by atoms with van der Waals surface area (Å²) < 4.78 is 13.5. The number of nitrogens with one attached hydrogen (secondary N) is 1. The van der Waals surface area contributed by atoms with Crippen LogP contribution < -0.4 is 5.32 Å². The summed E-state index contributed by atoms with van der Waals surface area (Å²) in [5, 5.41) is 12.9. The van der Waals surface area contributed by atoms with Gasteiger partial charge in [-0.3, -0.25) is 14.9 Å². The van der Waals surface area contributed by atoms with Gasteiger partial charge in [0.2, 0.25) is 0 Å². The first-order valence-corrected chi connectivity index (χ1v) is 6.57. The van der Waals surface area contributed by atoms with Crippen LogP contribution in [0.5, 0.6) is 0 Å². The zero-order valence-electron chi connectivity index (χ0n) is 10.5. The minimum atomic E-state index is -1.00. The van der Waals surface area contributed by atoms with E-state index in [1.54, 1.807) is 13.0 Å². The second-order valence-corrected chi connectivity index (χ2v) is 5.01. The highest BCUT2D eigenvalue weighted by Crippen LogP contribution is 2.18. The van der Waals surface area contributed by atoms with E-state index in [-0.39, 0.29) is 17.1 Å². The number of amides is 1. The number of carboxylic acid groups (broad SMARTS) is 1. The third kappa shape index (κ3) is 3.39. The number of aromatic nitrogens is 1. The van der Waals surface area contributed by atoms with E-state index in [0.717, 1.165) is 16.9 Å². The highest BCUT2D eigenvalue weighted by Gasteiger charge is 2.14. The van der Waals surface area contributed by atoms with Crippen LogP contribution in [0.3, 0.4) is 0 Å². The monoisotopic (exact) mass is 294 g/mol. The van der Waals surface area contributed by atoms with Crippen LogP contribution in [0.2, 0.25) is 0 Å². The van der Waals surface area contributed by atoms with Crippen molar-refractivity contribution in [1.29, 1.82) is 0 Å². The van der Waals surface area contributed by atoms with Crippen LogP contribution >= 0.6 is 11.3 Å². The number of carbonyl (C=O) groups is 2. The lowest BCUT2D eigenvalue weighted by Gasteiger charge is -2.04. The summed E-state index contributed by atoms with van der Waals surface area (Å²) in [5.74, 6) is -2.23. The average Bonchev–Trinajstić information content (AvgIpc) is 2.78. The van der Waals surface area contributed by atoms with E-state index in [1.165, 1.54) is 17.5 Å². The molecule has 1 aromatic heterocycles. The number of anilines is 1. The van der Waals surface area contributed by atoms with Crippen molar-refractivity contribution in [3.63, 3.8) is 0 Å². The molecule has 1 aromatic carbocycles. The highest BCUT2D eigenvalue weighted by atomic mass is 32.1. The molecule has 0 aliphatic heterocycles. The lowest BCUT2D eigenvalue weighted by atomic mass is 10.1. The van der Waals surface area contributed by atoms with Gasteiger partial charge < -0.3 is 5.11 Å². The van der Waals surface area contributed by atoms with Crippen molar-refractivity contribution in [1.82, 2.24) is 4.98 Å². The first-order valence-electron chi connectivity index (χ1n) is 5.69. The number of nitrogens with zero attached hydrogens (tertiary/aromatic N) is 1. The molecule has 0 spiro atoms. The number of thiazole rings is 1. The largest absolute Gasteiger partial charge is 0.481 e. The van der Waals surface area contributed by atoms with E-state index < -0.39 is 17.7 Å². The van der Waals surface area contributed by atoms with Gasteiger partial charge in [-0.15, -0.1) is 11.3 Å². The lowest BCUT2D eigenvalue weighted by molar-refractivity contribution is -0.136. The molecule has 0 aliphatic rings. The number of carboxylic acids is 1. The molecule has 104 valence electrons. The van der Waals surface area contributed by atoms with Crippen molar-refractivity contribution >= 4 is 28.3 Å². The maximum Gasteiger partial charge on any atom is 0.309 e. The van der Waals surface area contributed by atoms with Crippen LogP contribution in [0.1, 0.15) is 21.6 Å². The van der Waals surface area contributed by atoms with E-state index in [2.05, 4.69) is 10.3 Å². The highest BCUT2D eigenvalue weighted by molar-refractivity contribution is 7.14. The Morgan fingerprint density at radius 2 is 2.20 bits per heavy atom. The van der Waals surface area contributed by atoms with Crippen LogP contribution in [-0.2, 0) is 11.2 Å². The van der Waals surface area contributed by atoms with Crippen molar-refractivity contribution in [3.05, 3.63) is 46.2 Å². The van der Waals surface area contributed by atoms with E-state index in [4.69, 9.17) is 5.11 Å². The van der Waals surface area contributed by atoms with Crippen LogP contribution in [0, 0.1) is 12.7 Å². The summed E-state index contributed by atoms with van der Waals surface area (Å²) in [6, 6.07) is 4.23. The Labute approximate surface area is 118 Å². The second kappa shape index (κ2) is 5.79.